The SMILES string of the molecule is O=C(NN=Cc1ccc(O)c(O)c1O)c1cc(O)c(O)c(O)c1. The van der Waals surface area contributed by atoms with Crippen molar-refractivity contribution in [2.45, 2.75) is 0 Å². The van der Waals surface area contributed by atoms with E-state index in [4.69, 9.17) is 5.11 Å². The van der Waals surface area contributed by atoms with Crippen molar-refractivity contribution in [3.63, 3.8) is 0 Å². The average Bonchev–Trinajstić information content (AvgIpc) is 2.52. The molecule has 0 fully saturated rings. The van der Waals surface area contributed by atoms with Crippen LogP contribution in [0.2, 0.25) is 0 Å². The van der Waals surface area contributed by atoms with E-state index in [9.17, 15) is 30.3 Å². The Bertz CT molecular complexity index is 779. The molecule has 120 valence electrons. The Morgan fingerprint density at radius 3 is 2.09 bits per heavy atom. The first-order valence-corrected chi connectivity index (χ1v) is 6.13. The summed E-state index contributed by atoms with van der Waals surface area (Å²) in [4.78, 5) is 11.8. The van der Waals surface area contributed by atoms with Gasteiger partial charge in [0.05, 0.1) is 6.21 Å². The molecule has 0 heterocycles. The first kappa shape index (κ1) is 15.8. The normalized spacial score (nSPS) is 10.8. The number of hydrogen-bond acceptors (Lipinski definition) is 8. The lowest BCUT2D eigenvalue weighted by molar-refractivity contribution is 0.0954. The number of hydrazone groups is 1. The van der Waals surface area contributed by atoms with E-state index in [2.05, 4.69) is 10.5 Å². The van der Waals surface area contributed by atoms with Crippen LogP contribution in [0.1, 0.15) is 15.9 Å². The number of nitrogens with zero attached hydrogens (tertiary/aromatic N) is 1. The first-order chi connectivity index (χ1) is 10.8. The molecular formula is C14H12N2O7. The highest BCUT2D eigenvalue weighted by atomic mass is 16.3. The molecule has 0 aliphatic rings. The molecule has 0 aliphatic carbocycles. The quantitative estimate of drug-likeness (QED) is 0.248. The standard InChI is InChI=1S/C14H12N2O7/c17-8-2-1-6(11(20)13(8)22)5-15-16-14(23)7-3-9(18)12(21)10(19)4-7/h1-5,17-22H,(H,16,23). The molecule has 0 unspecified atom stereocenters. The predicted octanol–water partition coefficient (Wildman–Crippen LogP) is 0.684. The zero-order valence-corrected chi connectivity index (χ0v) is 11.4. The van der Waals surface area contributed by atoms with Crippen molar-refractivity contribution in [1.29, 1.82) is 0 Å². The summed E-state index contributed by atoms with van der Waals surface area (Å²) in [6.07, 6.45) is 1.01. The van der Waals surface area contributed by atoms with Crippen LogP contribution >= 0.6 is 0 Å². The van der Waals surface area contributed by atoms with Crippen LogP contribution in [0.5, 0.6) is 34.5 Å². The lowest BCUT2D eigenvalue weighted by atomic mass is 10.2. The Balaban J connectivity index is 2.15. The fraction of sp³-hybridized carbons (Fsp3) is 0. The van der Waals surface area contributed by atoms with Crippen molar-refractivity contribution in [1.82, 2.24) is 5.43 Å². The van der Waals surface area contributed by atoms with Crippen LogP contribution in [0.25, 0.3) is 0 Å². The topological polar surface area (TPSA) is 163 Å². The van der Waals surface area contributed by atoms with Gasteiger partial charge in [0.1, 0.15) is 0 Å². The second kappa shape index (κ2) is 6.02. The Labute approximate surface area is 129 Å². The van der Waals surface area contributed by atoms with Gasteiger partial charge in [-0.1, -0.05) is 0 Å². The number of aromatic hydroxyl groups is 6. The van der Waals surface area contributed by atoms with Crippen LogP contribution in [0, 0.1) is 0 Å². The van der Waals surface area contributed by atoms with Gasteiger partial charge in [-0.15, -0.1) is 0 Å². The summed E-state index contributed by atoms with van der Waals surface area (Å²) in [5.41, 5.74) is 1.91. The van der Waals surface area contributed by atoms with E-state index in [1.54, 1.807) is 0 Å². The predicted molar refractivity (Wildman–Crippen MR) is 77.9 cm³/mol. The zero-order chi connectivity index (χ0) is 17.1. The molecule has 0 spiro atoms. The molecule has 7 N–H and O–H groups in total. The molecule has 0 saturated carbocycles. The Hall–Kier alpha value is -3.62. The number of rotatable bonds is 3. The number of amides is 1. The molecule has 0 bridgehead atoms. The van der Waals surface area contributed by atoms with E-state index >= 15 is 0 Å². The second-order valence-corrected chi connectivity index (χ2v) is 4.43. The number of carbonyl (C=O) groups excluding carboxylic acids is 1. The van der Waals surface area contributed by atoms with Crippen LogP contribution in [-0.2, 0) is 0 Å². The highest BCUT2D eigenvalue weighted by molar-refractivity contribution is 5.96. The fourth-order valence-electron chi connectivity index (χ4n) is 1.65. The second-order valence-electron chi connectivity index (χ2n) is 4.43. The van der Waals surface area contributed by atoms with Gasteiger partial charge in [-0.2, -0.15) is 5.10 Å². The van der Waals surface area contributed by atoms with Gasteiger partial charge in [0.2, 0.25) is 5.75 Å². The van der Waals surface area contributed by atoms with Gasteiger partial charge in [-0.25, -0.2) is 5.43 Å². The average molecular weight is 320 g/mol. The number of benzene rings is 2. The minimum Gasteiger partial charge on any atom is -0.504 e. The summed E-state index contributed by atoms with van der Waals surface area (Å²) in [6.45, 7) is 0. The first-order valence-electron chi connectivity index (χ1n) is 6.13. The van der Waals surface area contributed by atoms with Gasteiger partial charge >= 0.3 is 0 Å². The minimum atomic E-state index is -0.811. The van der Waals surface area contributed by atoms with Gasteiger partial charge in [-0.3, -0.25) is 4.79 Å². The Morgan fingerprint density at radius 1 is 0.870 bits per heavy atom. The van der Waals surface area contributed by atoms with E-state index in [-0.39, 0.29) is 11.1 Å². The van der Waals surface area contributed by atoms with Gasteiger partial charge < -0.3 is 30.6 Å². The molecule has 0 aromatic heterocycles. The van der Waals surface area contributed by atoms with E-state index in [0.717, 1.165) is 24.4 Å². The zero-order valence-electron chi connectivity index (χ0n) is 11.4. The van der Waals surface area contributed by atoms with E-state index < -0.39 is 40.4 Å². The van der Waals surface area contributed by atoms with E-state index in [1.807, 2.05) is 0 Å². The molecule has 0 saturated heterocycles. The third-order valence-corrected chi connectivity index (χ3v) is 2.86. The molecule has 2 aromatic carbocycles. The summed E-state index contributed by atoms with van der Waals surface area (Å²) >= 11 is 0. The largest absolute Gasteiger partial charge is 0.504 e. The van der Waals surface area contributed by atoms with Gasteiger partial charge in [-0.05, 0) is 24.3 Å². The van der Waals surface area contributed by atoms with Crippen molar-refractivity contribution >= 4 is 12.1 Å². The maximum atomic E-state index is 11.8. The number of hydrogen-bond donors (Lipinski definition) is 7. The number of phenolic OH excluding ortho intramolecular Hbond substituents is 6. The van der Waals surface area contributed by atoms with Crippen LogP contribution in [-0.4, -0.2) is 42.8 Å². The number of carbonyl (C=O) groups is 1. The molecule has 1 amide bonds. The van der Waals surface area contributed by atoms with Gasteiger partial charge in [0, 0.05) is 11.1 Å². The maximum Gasteiger partial charge on any atom is 0.271 e. The van der Waals surface area contributed by atoms with Crippen molar-refractivity contribution in [3.8, 4) is 34.5 Å². The van der Waals surface area contributed by atoms with Crippen molar-refractivity contribution < 1.29 is 35.4 Å². The monoisotopic (exact) mass is 320 g/mol. The van der Waals surface area contributed by atoms with Crippen molar-refractivity contribution in [2.24, 2.45) is 5.10 Å². The summed E-state index contributed by atoms with van der Waals surface area (Å²) in [7, 11) is 0. The summed E-state index contributed by atoms with van der Waals surface area (Å²) in [6, 6.07) is 4.21. The van der Waals surface area contributed by atoms with Gasteiger partial charge in [0.15, 0.2) is 28.7 Å². The maximum absolute atomic E-state index is 11.8. The molecule has 23 heavy (non-hydrogen) atoms. The highest BCUT2D eigenvalue weighted by Gasteiger charge is 2.13. The Morgan fingerprint density at radius 2 is 1.48 bits per heavy atom. The summed E-state index contributed by atoms with van der Waals surface area (Å²) in [5, 5.41) is 59.4. The van der Waals surface area contributed by atoms with Crippen molar-refractivity contribution in [2.75, 3.05) is 0 Å². The van der Waals surface area contributed by atoms with E-state index in [1.165, 1.54) is 6.07 Å². The highest BCUT2D eigenvalue weighted by Crippen LogP contribution is 2.36. The van der Waals surface area contributed by atoms with E-state index in [0.29, 0.717) is 0 Å². The molecule has 2 aromatic rings. The smallest absolute Gasteiger partial charge is 0.271 e. The Kier molecular flexibility index (Phi) is 4.12. The summed E-state index contributed by atoms with van der Waals surface area (Å²) in [5.74, 6) is -4.79. The van der Waals surface area contributed by atoms with Crippen LogP contribution in [0.3, 0.4) is 0 Å². The van der Waals surface area contributed by atoms with Crippen LogP contribution < -0.4 is 5.43 Å². The molecule has 0 radical (unpaired) electrons. The molecule has 2 rings (SSSR count). The molecule has 0 atom stereocenters. The van der Waals surface area contributed by atoms with Crippen LogP contribution in [0.15, 0.2) is 29.4 Å². The minimum absolute atomic E-state index is 0.0250. The van der Waals surface area contributed by atoms with Crippen molar-refractivity contribution in [3.05, 3.63) is 35.4 Å². The fourth-order valence-corrected chi connectivity index (χ4v) is 1.65. The number of nitrogens with one attached hydrogen (secondary N) is 1. The number of phenols is 6. The lowest BCUT2D eigenvalue weighted by Gasteiger charge is -2.05. The van der Waals surface area contributed by atoms with Gasteiger partial charge in [0.25, 0.3) is 5.91 Å². The van der Waals surface area contributed by atoms with Crippen LogP contribution in [0.4, 0.5) is 0 Å². The summed E-state index contributed by atoms with van der Waals surface area (Å²) < 4.78 is 0. The molecule has 9 nitrogen and oxygen atoms in total. The molecule has 9 heteroatoms. The lowest BCUT2D eigenvalue weighted by Crippen LogP contribution is -2.17. The third kappa shape index (κ3) is 3.18. The third-order valence-electron chi connectivity index (χ3n) is 2.86. The molecule has 0 aliphatic heterocycles. The molecular weight excluding hydrogens is 308 g/mol.